The first-order chi connectivity index (χ1) is 6.35. The van der Waals surface area contributed by atoms with Crippen LogP contribution < -0.4 is 0 Å². The van der Waals surface area contributed by atoms with Crippen molar-refractivity contribution < 1.29 is 4.79 Å². The molecular formula is C12H20O. The summed E-state index contributed by atoms with van der Waals surface area (Å²) in [5, 5.41) is 0. The van der Waals surface area contributed by atoms with E-state index in [0.717, 1.165) is 5.57 Å². The maximum atomic E-state index is 8.00. The number of allylic oxidation sites excluding steroid dienone is 6. The molecule has 0 aliphatic carbocycles. The van der Waals surface area contributed by atoms with Crippen LogP contribution in [0, 0.1) is 0 Å². The number of rotatable bonds is 3. The quantitative estimate of drug-likeness (QED) is 0.605. The topological polar surface area (TPSA) is 17.1 Å². The first-order valence-electron chi connectivity index (χ1n) is 4.22. The zero-order valence-corrected chi connectivity index (χ0v) is 8.92. The maximum Gasteiger partial charge on any atom is 0.106 e. The van der Waals surface area contributed by atoms with Gasteiger partial charge in [-0.3, -0.25) is 0 Å². The van der Waals surface area contributed by atoms with Crippen LogP contribution in [0.15, 0.2) is 49.1 Å². The van der Waals surface area contributed by atoms with E-state index in [0.29, 0.717) is 0 Å². The molecule has 0 rings (SSSR count). The minimum absolute atomic E-state index is 1.09. The molecule has 0 aromatic heterocycles. The van der Waals surface area contributed by atoms with E-state index in [9.17, 15) is 0 Å². The van der Waals surface area contributed by atoms with Crippen molar-refractivity contribution in [3.63, 3.8) is 0 Å². The molecule has 0 N–H and O–H groups in total. The molecule has 1 nitrogen and oxygen atoms in total. The molecule has 0 atom stereocenters. The van der Waals surface area contributed by atoms with Gasteiger partial charge in [-0.2, -0.15) is 0 Å². The minimum atomic E-state index is 1.09. The predicted octanol–water partition coefficient (Wildman–Crippen LogP) is 3.70. The SMILES string of the molecule is C=C/C=C(C=C)/C=C/C.C=O.CC. The van der Waals surface area contributed by atoms with Gasteiger partial charge in [0.2, 0.25) is 0 Å². The monoisotopic (exact) mass is 180 g/mol. The summed E-state index contributed by atoms with van der Waals surface area (Å²) >= 11 is 0. The highest BCUT2D eigenvalue weighted by Crippen LogP contribution is 1.96. The molecule has 0 unspecified atom stereocenters. The third-order valence-electron chi connectivity index (χ3n) is 0.905. The van der Waals surface area contributed by atoms with E-state index in [2.05, 4.69) is 13.2 Å². The second kappa shape index (κ2) is 22.4. The van der Waals surface area contributed by atoms with Crippen LogP contribution in [0.2, 0.25) is 0 Å². The van der Waals surface area contributed by atoms with Gasteiger partial charge in [0.1, 0.15) is 6.79 Å². The summed E-state index contributed by atoms with van der Waals surface area (Å²) in [6, 6.07) is 0. The number of hydrogen-bond donors (Lipinski definition) is 0. The van der Waals surface area contributed by atoms with E-state index in [1.165, 1.54) is 0 Å². The second-order valence-electron chi connectivity index (χ2n) is 1.61. The van der Waals surface area contributed by atoms with Crippen molar-refractivity contribution in [1.82, 2.24) is 0 Å². The van der Waals surface area contributed by atoms with Crippen LogP contribution in [0.3, 0.4) is 0 Å². The van der Waals surface area contributed by atoms with E-state index < -0.39 is 0 Å². The van der Waals surface area contributed by atoms with Gasteiger partial charge >= 0.3 is 0 Å². The summed E-state index contributed by atoms with van der Waals surface area (Å²) in [6.45, 7) is 15.2. The Bertz CT molecular complexity index is 164. The zero-order valence-electron chi connectivity index (χ0n) is 8.92. The van der Waals surface area contributed by atoms with Gasteiger partial charge < -0.3 is 4.79 Å². The summed E-state index contributed by atoms with van der Waals surface area (Å²) in [5.41, 5.74) is 1.09. The fourth-order valence-corrected chi connectivity index (χ4v) is 0.520. The van der Waals surface area contributed by atoms with Crippen molar-refractivity contribution in [3.05, 3.63) is 49.1 Å². The van der Waals surface area contributed by atoms with Crippen molar-refractivity contribution in [3.8, 4) is 0 Å². The van der Waals surface area contributed by atoms with Crippen LogP contribution in [-0.4, -0.2) is 6.79 Å². The first-order valence-corrected chi connectivity index (χ1v) is 4.22. The van der Waals surface area contributed by atoms with Gasteiger partial charge in [0.25, 0.3) is 0 Å². The van der Waals surface area contributed by atoms with Gasteiger partial charge in [0.05, 0.1) is 0 Å². The molecule has 0 aliphatic heterocycles. The smallest absolute Gasteiger partial charge is 0.106 e. The fourth-order valence-electron chi connectivity index (χ4n) is 0.520. The molecule has 74 valence electrons. The van der Waals surface area contributed by atoms with Crippen molar-refractivity contribution in [2.75, 3.05) is 0 Å². The number of carbonyl (C=O) groups is 1. The Morgan fingerprint density at radius 3 is 1.85 bits per heavy atom. The van der Waals surface area contributed by atoms with E-state index >= 15 is 0 Å². The Morgan fingerprint density at radius 2 is 1.62 bits per heavy atom. The molecule has 0 bridgehead atoms. The van der Waals surface area contributed by atoms with Gasteiger partial charge in [-0.15, -0.1) is 0 Å². The average Bonchev–Trinajstić information content (AvgIpc) is 2.23. The van der Waals surface area contributed by atoms with Crippen molar-refractivity contribution in [2.45, 2.75) is 20.8 Å². The van der Waals surface area contributed by atoms with Crippen molar-refractivity contribution in [1.29, 1.82) is 0 Å². The molecule has 0 saturated heterocycles. The Labute approximate surface area is 82.2 Å². The Hall–Kier alpha value is -1.37. The van der Waals surface area contributed by atoms with Crippen LogP contribution in [-0.2, 0) is 4.79 Å². The maximum absolute atomic E-state index is 8.00. The van der Waals surface area contributed by atoms with Crippen LogP contribution in [0.5, 0.6) is 0 Å². The molecular weight excluding hydrogens is 160 g/mol. The molecule has 0 spiro atoms. The molecule has 0 radical (unpaired) electrons. The lowest BCUT2D eigenvalue weighted by molar-refractivity contribution is -0.0979. The highest BCUT2D eigenvalue weighted by Gasteiger charge is 1.76. The van der Waals surface area contributed by atoms with Gasteiger partial charge in [-0.05, 0) is 12.5 Å². The third kappa shape index (κ3) is 18.0. The van der Waals surface area contributed by atoms with Crippen LogP contribution in [0.1, 0.15) is 20.8 Å². The van der Waals surface area contributed by atoms with Gasteiger partial charge in [0.15, 0.2) is 0 Å². The highest BCUT2D eigenvalue weighted by atomic mass is 16.1. The van der Waals surface area contributed by atoms with Crippen LogP contribution >= 0.6 is 0 Å². The zero-order chi connectivity index (χ0) is 11.1. The molecule has 0 aromatic carbocycles. The summed E-state index contributed by atoms with van der Waals surface area (Å²) in [6.07, 6.45) is 9.40. The molecule has 0 aliphatic rings. The first kappa shape index (κ1) is 17.6. The molecule has 0 aromatic rings. The van der Waals surface area contributed by atoms with E-state index in [4.69, 9.17) is 4.79 Å². The van der Waals surface area contributed by atoms with Crippen molar-refractivity contribution in [2.24, 2.45) is 0 Å². The molecule has 0 saturated carbocycles. The third-order valence-corrected chi connectivity index (χ3v) is 0.905. The number of hydrogen-bond acceptors (Lipinski definition) is 1. The van der Waals surface area contributed by atoms with Gasteiger partial charge in [0, 0.05) is 0 Å². The lowest BCUT2D eigenvalue weighted by atomic mass is 10.2. The van der Waals surface area contributed by atoms with Gasteiger partial charge in [-0.25, -0.2) is 0 Å². The molecule has 13 heavy (non-hydrogen) atoms. The molecule has 0 fully saturated rings. The molecule has 1 heteroatoms. The van der Waals surface area contributed by atoms with Crippen LogP contribution in [0.25, 0.3) is 0 Å². The Kier molecular flexibility index (Phi) is 30.4. The summed E-state index contributed by atoms with van der Waals surface area (Å²) < 4.78 is 0. The standard InChI is InChI=1S/C9H12.C2H6.CH2O/c1-4-7-9(6-3)8-5-2;2*1-2/h4-8H,1,3H2,2H3;1-2H3;1H2/b8-5+,9-7+;;. The number of carbonyl (C=O) groups excluding carboxylic acids is 1. The summed E-state index contributed by atoms with van der Waals surface area (Å²) in [7, 11) is 0. The molecule has 0 amide bonds. The lowest BCUT2D eigenvalue weighted by Gasteiger charge is -1.85. The Balaban J connectivity index is -0.000000218. The Morgan fingerprint density at radius 1 is 1.15 bits per heavy atom. The average molecular weight is 180 g/mol. The minimum Gasteiger partial charge on any atom is -0.307 e. The lowest BCUT2D eigenvalue weighted by Crippen LogP contribution is -1.65. The van der Waals surface area contributed by atoms with Crippen molar-refractivity contribution >= 4 is 6.79 Å². The summed E-state index contributed by atoms with van der Waals surface area (Å²) in [4.78, 5) is 8.00. The van der Waals surface area contributed by atoms with E-state index in [-0.39, 0.29) is 0 Å². The fraction of sp³-hybridized carbons (Fsp3) is 0.250. The predicted molar refractivity (Wildman–Crippen MR) is 61.8 cm³/mol. The summed E-state index contributed by atoms with van der Waals surface area (Å²) in [5.74, 6) is 0. The van der Waals surface area contributed by atoms with Gasteiger partial charge in [-0.1, -0.05) is 57.4 Å². The van der Waals surface area contributed by atoms with Crippen LogP contribution in [0.4, 0.5) is 0 Å². The van der Waals surface area contributed by atoms with E-state index in [1.807, 2.05) is 45.8 Å². The van der Waals surface area contributed by atoms with E-state index in [1.54, 1.807) is 12.2 Å². The largest absolute Gasteiger partial charge is 0.307 e. The second-order valence-corrected chi connectivity index (χ2v) is 1.61. The molecule has 0 heterocycles. The highest BCUT2D eigenvalue weighted by molar-refractivity contribution is 5.31. The normalized spacial score (nSPS) is 9.00.